The minimum absolute atomic E-state index is 0.0261. The number of anilines is 1. The Morgan fingerprint density at radius 1 is 1.03 bits per heavy atom. The zero-order chi connectivity index (χ0) is 25.9. The minimum atomic E-state index is -0.790. The molecule has 1 atom stereocenters. The van der Waals surface area contributed by atoms with Gasteiger partial charge in [-0.15, -0.1) is 0 Å². The van der Waals surface area contributed by atoms with Crippen LogP contribution in [0.5, 0.6) is 0 Å². The maximum atomic E-state index is 13.0. The molecule has 3 aromatic rings. The lowest BCUT2D eigenvalue weighted by atomic mass is 10.1. The van der Waals surface area contributed by atoms with Gasteiger partial charge in [0.25, 0.3) is 5.56 Å². The van der Waals surface area contributed by atoms with Crippen LogP contribution in [0.4, 0.5) is 10.5 Å². The Balaban J connectivity index is 1.69. The molecule has 1 unspecified atom stereocenters. The summed E-state index contributed by atoms with van der Waals surface area (Å²) in [6.07, 6.45) is 2.25. The number of rotatable bonds is 10. The summed E-state index contributed by atoms with van der Waals surface area (Å²) < 4.78 is 11.4. The molecule has 10 heteroatoms. The first-order chi connectivity index (χ1) is 17.4. The number of carbonyl (C=O) groups is 3. The Kier molecular flexibility index (Phi) is 9.33. The Bertz CT molecular complexity index is 1240. The topological polar surface area (TPSA) is 129 Å². The van der Waals surface area contributed by atoms with Gasteiger partial charge in [0.15, 0.2) is 0 Å². The van der Waals surface area contributed by atoms with Gasteiger partial charge < -0.3 is 19.4 Å². The maximum absolute atomic E-state index is 13.0. The summed E-state index contributed by atoms with van der Waals surface area (Å²) in [7, 11) is 0. The molecule has 1 aromatic carbocycles. The average Bonchev–Trinajstić information content (AvgIpc) is 2.88. The second-order valence-electron chi connectivity index (χ2n) is 7.88. The molecule has 0 aliphatic rings. The molecule has 0 spiro atoms. The van der Waals surface area contributed by atoms with E-state index in [1.807, 2.05) is 30.3 Å². The van der Waals surface area contributed by atoms with Crippen molar-refractivity contribution in [3.8, 4) is 0 Å². The van der Waals surface area contributed by atoms with Gasteiger partial charge in [-0.1, -0.05) is 36.4 Å². The molecule has 0 radical (unpaired) electrons. The first-order valence-electron chi connectivity index (χ1n) is 11.4. The van der Waals surface area contributed by atoms with Crippen LogP contribution >= 0.6 is 0 Å². The minimum Gasteiger partial charge on any atom is -0.466 e. The van der Waals surface area contributed by atoms with Gasteiger partial charge in [-0.25, -0.2) is 4.79 Å². The smallest absolute Gasteiger partial charge is 0.412 e. The number of nitrogens with one attached hydrogen (secondary N) is 2. The van der Waals surface area contributed by atoms with Crippen LogP contribution in [0.1, 0.15) is 36.2 Å². The summed E-state index contributed by atoms with van der Waals surface area (Å²) in [6.45, 7) is 3.31. The van der Waals surface area contributed by atoms with E-state index in [0.29, 0.717) is 11.3 Å². The van der Waals surface area contributed by atoms with E-state index in [1.165, 1.54) is 10.6 Å². The molecule has 0 bridgehead atoms. The summed E-state index contributed by atoms with van der Waals surface area (Å²) in [6, 6.07) is 14.9. The van der Waals surface area contributed by atoms with Gasteiger partial charge >= 0.3 is 12.1 Å². The number of esters is 1. The fourth-order valence-corrected chi connectivity index (χ4v) is 3.44. The molecule has 2 aromatic heterocycles. The largest absolute Gasteiger partial charge is 0.466 e. The molecule has 2 amide bonds. The van der Waals surface area contributed by atoms with E-state index in [-0.39, 0.29) is 31.9 Å². The zero-order valence-electron chi connectivity index (χ0n) is 20.1. The molecule has 3 rings (SSSR count). The molecular weight excluding hydrogens is 464 g/mol. The number of ether oxygens (including phenoxy) is 2. The first kappa shape index (κ1) is 26.1. The summed E-state index contributed by atoms with van der Waals surface area (Å²) >= 11 is 0. The van der Waals surface area contributed by atoms with Crippen molar-refractivity contribution in [3.63, 3.8) is 0 Å². The van der Waals surface area contributed by atoms with Gasteiger partial charge in [0.1, 0.15) is 18.8 Å². The number of aryl methyl sites for hydroxylation is 1. The fourth-order valence-electron chi connectivity index (χ4n) is 3.44. The van der Waals surface area contributed by atoms with Crippen molar-refractivity contribution in [2.24, 2.45) is 0 Å². The summed E-state index contributed by atoms with van der Waals surface area (Å²) in [4.78, 5) is 54.2. The number of benzene rings is 1. The second kappa shape index (κ2) is 12.8. The first-order valence-corrected chi connectivity index (χ1v) is 11.4. The van der Waals surface area contributed by atoms with Gasteiger partial charge in [-0.2, -0.15) is 0 Å². The lowest BCUT2D eigenvalue weighted by molar-refractivity contribution is -0.143. The van der Waals surface area contributed by atoms with E-state index < -0.39 is 29.6 Å². The Labute approximate surface area is 208 Å². The molecular formula is C26H28N4O6. The molecule has 0 aliphatic heterocycles. The third kappa shape index (κ3) is 7.52. The van der Waals surface area contributed by atoms with Crippen LogP contribution in [0.3, 0.4) is 0 Å². The molecule has 0 saturated carbocycles. The fraction of sp³-hybridized carbons (Fsp3) is 0.269. The summed E-state index contributed by atoms with van der Waals surface area (Å²) in [5.74, 6) is -0.970. The van der Waals surface area contributed by atoms with Gasteiger partial charge in [0.05, 0.1) is 19.1 Å². The third-order valence-corrected chi connectivity index (χ3v) is 5.24. The highest BCUT2D eigenvalue weighted by atomic mass is 16.5. The van der Waals surface area contributed by atoms with Crippen molar-refractivity contribution >= 4 is 23.7 Å². The van der Waals surface area contributed by atoms with Gasteiger partial charge in [0.2, 0.25) is 5.91 Å². The van der Waals surface area contributed by atoms with Crippen molar-refractivity contribution in [1.82, 2.24) is 14.9 Å². The van der Waals surface area contributed by atoms with Crippen LogP contribution in [-0.4, -0.2) is 34.1 Å². The number of nitrogens with zero attached hydrogens (tertiary/aromatic N) is 2. The molecule has 0 saturated heterocycles. The summed E-state index contributed by atoms with van der Waals surface area (Å²) in [5, 5.41) is 5.21. The maximum Gasteiger partial charge on any atom is 0.412 e. The van der Waals surface area contributed by atoms with Crippen molar-refractivity contribution in [2.45, 2.75) is 39.5 Å². The molecule has 2 heterocycles. The van der Waals surface area contributed by atoms with E-state index in [4.69, 9.17) is 9.47 Å². The lowest BCUT2D eigenvalue weighted by Gasteiger charge is -2.19. The van der Waals surface area contributed by atoms with Crippen molar-refractivity contribution in [2.75, 3.05) is 11.9 Å². The molecule has 0 fully saturated rings. The van der Waals surface area contributed by atoms with Gasteiger partial charge in [0, 0.05) is 18.1 Å². The standard InChI is InChI=1S/C26H28N4O6/c1-3-35-24(32)14-22(20-10-7-13-27-15-20)28-23(31)16-30-18(2)11-12-21(25(30)33)29-26(34)36-17-19-8-5-4-6-9-19/h4-13,15,22H,3,14,16-17H2,1-2H3,(H,28,31)(H,29,34). The molecule has 36 heavy (non-hydrogen) atoms. The van der Waals surface area contributed by atoms with E-state index in [2.05, 4.69) is 15.6 Å². The van der Waals surface area contributed by atoms with Crippen molar-refractivity contribution in [3.05, 3.63) is 94.2 Å². The number of amides is 2. The van der Waals surface area contributed by atoms with E-state index in [0.717, 1.165) is 5.56 Å². The highest BCUT2D eigenvalue weighted by Gasteiger charge is 2.21. The monoisotopic (exact) mass is 492 g/mol. The second-order valence-corrected chi connectivity index (χ2v) is 7.88. The van der Waals surface area contributed by atoms with E-state index in [1.54, 1.807) is 44.4 Å². The molecule has 188 valence electrons. The molecule has 0 aliphatic carbocycles. The van der Waals surface area contributed by atoms with Crippen LogP contribution in [0.2, 0.25) is 0 Å². The highest BCUT2D eigenvalue weighted by molar-refractivity contribution is 5.84. The normalized spacial score (nSPS) is 11.3. The van der Waals surface area contributed by atoms with Gasteiger partial charge in [-0.05, 0) is 43.2 Å². The number of carbonyl (C=O) groups excluding carboxylic acids is 3. The van der Waals surface area contributed by atoms with Crippen LogP contribution in [-0.2, 0) is 32.2 Å². The molecule has 10 nitrogen and oxygen atoms in total. The number of aromatic nitrogens is 2. The molecule has 2 N–H and O–H groups in total. The SMILES string of the molecule is CCOC(=O)CC(NC(=O)Cn1c(C)ccc(NC(=O)OCc2ccccc2)c1=O)c1cccnc1. The van der Waals surface area contributed by atoms with Crippen LogP contribution in [0.15, 0.2) is 71.8 Å². The number of hydrogen-bond donors (Lipinski definition) is 2. The van der Waals surface area contributed by atoms with Crippen LogP contribution in [0, 0.1) is 6.92 Å². The quantitative estimate of drug-likeness (QED) is 0.416. The Hall–Kier alpha value is -4.47. The van der Waals surface area contributed by atoms with Gasteiger partial charge in [-0.3, -0.25) is 24.7 Å². The van der Waals surface area contributed by atoms with Crippen molar-refractivity contribution in [1.29, 1.82) is 0 Å². The summed E-state index contributed by atoms with van der Waals surface area (Å²) in [5.41, 5.74) is 1.35. The Morgan fingerprint density at radius 3 is 2.50 bits per heavy atom. The number of pyridine rings is 2. The zero-order valence-corrected chi connectivity index (χ0v) is 20.1. The Morgan fingerprint density at radius 2 is 1.81 bits per heavy atom. The predicted molar refractivity (Wildman–Crippen MR) is 132 cm³/mol. The lowest BCUT2D eigenvalue weighted by Crippen LogP contribution is -2.37. The van der Waals surface area contributed by atoms with Crippen LogP contribution in [0.25, 0.3) is 0 Å². The highest BCUT2D eigenvalue weighted by Crippen LogP contribution is 2.16. The van der Waals surface area contributed by atoms with Crippen molar-refractivity contribution < 1.29 is 23.9 Å². The van der Waals surface area contributed by atoms with E-state index in [9.17, 15) is 19.2 Å². The van der Waals surface area contributed by atoms with Crippen LogP contribution < -0.4 is 16.2 Å². The third-order valence-electron chi connectivity index (χ3n) is 5.24. The van der Waals surface area contributed by atoms with E-state index >= 15 is 0 Å². The average molecular weight is 493 g/mol. The predicted octanol–water partition coefficient (Wildman–Crippen LogP) is 3.11. The number of hydrogen-bond acceptors (Lipinski definition) is 7.